The van der Waals surface area contributed by atoms with Gasteiger partial charge < -0.3 is 10.2 Å². The van der Waals surface area contributed by atoms with Crippen LogP contribution in [0.2, 0.25) is 0 Å². The summed E-state index contributed by atoms with van der Waals surface area (Å²) in [4.78, 5) is 23.3. The number of nitrogens with one attached hydrogen (secondary N) is 1. The van der Waals surface area contributed by atoms with Crippen molar-refractivity contribution in [1.82, 2.24) is 10.2 Å². The summed E-state index contributed by atoms with van der Waals surface area (Å²) in [5.74, 6) is 0.0793. The first-order chi connectivity index (χ1) is 16.6. The first kappa shape index (κ1) is 22.6. The second-order valence-corrected chi connectivity index (χ2v) is 9.82. The van der Waals surface area contributed by atoms with Crippen molar-refractivity contribution >= 4 is 29.9 Å². The van der Waals surface area contributed by atoms with Crippen LogP contribution >= 0.6 is 11.6 Å². The first-order valence-corrected chi connectivity index (χ1v) is 12.4. The average molecular weight is 474 g/mol. The Morgan fingerprint density at radius 2 is 1.91 bits per heavy atom. The molecule has 1 N–H and O–H groups in total. The zero-order chi connectivity index (χ0) is 23.5. The van der Waals surface area contributed by atoms with Crippen molar-refractivity contribution in [3.63, 3.8) is 0 Å². The van der Waals surface area contributed by atoms with Gasteiger partial charge >= 0.3 is 0 Å². The van der Waals surface area contributed by atoms with Crippen LogP contribution in [0.3, 0.4) is 0 Å². The van der Waals surface area contributed by atoms with Gasteiger partial charge in [-0.1, -0.05) is 36.5 Å². The molecule has 3 heterocycles. The summed E-state index contributed by atoms with van der Waals surface area (Å²) in [6.45, 7) is 1.41. The monoisotopic (exact) mass is 473 g/mol. The standard InChI is InChI=1S/C27H28ClN5O/c28-25-17-31-9-5-23(25)27(34)33-10-6-22(7-11-33)32-26-14-21(13-20-4-8-30-16-24(20)26)19-3-1-2-18(12-19)15-29/h1,3-5,8-9,12-14,16-18,20,22-25,32H,2,6-7,10-11H2. The van der Waals surface area contributed by atoms with Crippen molar-refractivity contribution in [3.05, 3.63) is 71.8 Å². The third-order valence-corrected chi connectivity index (χ3v) is 7.46. The maximum Gasteiger partial charge on any atom is 0.231 e. The number of aliphatic imine (C=N–C) groups is 2. The van der Waals surface area contributed by atoms with Gasteiger partial charge in [0.05, 0.1) is 23.3 Å². The fourth-order valence-electron chi connectivity index (χ4n) is 5.14. The van der Waals surface area contributed by atoms with Crippen molar-refractivity contribution < 1.29 is 4.79 Å². The molecule has 5 atom stereocenters. The second kappa shape index (κ2) is 9.99. The van der Waals surface area contributed by atoms with E-state index in [2.05, 4.69) is 57.8 Å². The van der Waals surface area contributed by atoms with Crippen LogP contribution in [0.1, 0.15) is 19.3 Å². The number of likely N-dealkylation sites (tertiary alicyclic amines) is 1. The predicted molar refractivity (Wildman–Crippen MR) is 135 cm³/mol. The highest BCUT2D eigenvalue weighted by atomic mass is 35.5. The van der Waals surface area contributed by atoms with Gasteiger partial charge in [-0.25, -0.2) is 0 Å². The molecule has 0 aromatic carbocycles. The van der Waals surface area contributed by atoms with Gasteiger partial charge in [0.15, 0.2) is 0 Å². The van der Waals surface area contributed by atoms with Gasteiger partial charge in [0.1, 0.15) is 0 Å². The van der Waals surface area contributed by atoms with Crippen LogP contribution in [-0.4, -0.2) is 47.7 Å². The molecule has 2 aliphatic carbocycles. The van der Waals surface area contributed by atoms with E-state index in [0.29, 0.717) is 13.1 Å². The number of piperidine rings is 1. The molecule has 0 radical (unpaired) electrons. The molecule has 174 valence electrons. The molecular weight excluding hydrogens is 446 g/mol. The number of nitriles is 1. The van der Waals surface area contributed by atoms with Crippen molar-refractivity contribution in [2.24, 2.45) is 33.7 Å². The lowest BCUT2D eigenvalue weighted by molar-refractivity contribution is -0.134. The number of carbonyl (C=O) groups is 1. The SMILES string of the molecule is N#CC1C=C(C2=CC3C=CN=CC3C(NC3CCN(C(=O)C4C=CN=CC4Cl)CC3)=C2)C=CC1. The Labute approximate surface area is 205 Å². The summed E-state index contributed by atoms with van der Waals surface area (Å²) in [7, 11) is 0. The Bertz CT molecular complexity index is 1110. The second-order valence-electron chi connectivity index (χ2n) is 9.31. The number of carbonyl (C=O) groups excluding carboxylic acids is 1. The predicted octanol–water partition coefficient (Wildman–Crippen LogP) is 4.07. The van der Waals surface area contributed by atoms with E-state index in [1.165, 1.54) is 0 Å². The molecule has 5 rings (SSSR count). The lowest BCUT2D eigenvalue weighted by atomic mass is 9.79. The molecule has 34 heavy (non-hydrogen) atoms. The van der Waals surface area contributed by atoms with E-state index in [4.69, 9.17) is 11.6 Å². The summed E-state index contributed by atoms with van der Waals surface area (Å²) < 4.78 is 0. The van der Waals surface area contributed by atoms with E-state index in [-0.39, 0.29) is 41.0 Å². The molecule has 0 saturated carbocycles. The van der Waals surface area contributed by atoms with Crippen LogP contribution in [0.15, 0.2) is 81.8 Å². The Morgan fingerprint density at radius 1 is 1.12 bits per heavy atom. The largest absolute Gasteiger partial charge is 0.385 e. The maximum absolute atomic E-state index is 12.9. The smallest absolute Gasteiger partial charge is 0.231 e. The maximum atomic E-state index is 12.9. The molecule has 5 aliphatic rings. The fourth-order valence-corrected chi connectivity index (χ4v) is 5.40. The Morgan fingerprint density at radius 3 is 2.71 bits per heavy atom. The van der Waals surface area contributed by atoms with E-state index in [9.17, 15) is 10.1 Å². The highest BCUT2D eigenvalue weighted by Crippen LogP contribution is 2.35. The molecule has 0 aromatic heterocycles. The van der Waals surface area contributed by atoms with Crippen LogP contribution in [0, 0.1) is 35.0 Å². The van der Waals surface area contributed by atoms with Gasteiger partial charge in [-0.2, -0.15) is 5.26 Å². The third-order valence-electron chi connectivity index (χ3n) is 7.08. The summed E-state index contributed by atoms with van der Waals surface area (Å²) in [5, 5.41) is 12.8. The number of hydrogen-bond donors (Lipinski definition) is 1. The summed E-state index contributed by atoms with van der Waals surface area (Å²) >= 11 is 6.30. The Balaban J connectivity index is 1.27. The molecule has 0 spiro atoms. The fraction of sp³-hybridized carbons (Fsp3) is 0.407. The van der Waals surface area contributed by atoms with E-state index >= 15 is 0 Å². The quantitative estimate of drug-likeness (QED) is 0.625. The van der Waals surface area contributed by atoms with Crippen molar-refractivity contribution in [1.29, 1.82) is 5.26 Å². The van der Waals surface area contributed by atoms with Crippen molar-refractivity contribution in [2.75, 3.05) is 13.1 Å². The average Bonchev–Trinajstić information content (AvgIpc) is 2.89. The van der Waals surface area contributed by atoms with Crippen molar-refractivity contribution in [3.8, 4) is 6.07 Å². The van der Waals surface area contributed by atoms with Crippen LogP contribution in [0.25, 0.3) is 0 Å². The number of halogens is 1. The van der Waals surface area contributed by atoms with Gasteiger partial charge in [0, 0.05) is 61.5 Å². The molecule has 1 fully saturated rings. The van der Waals surface area contributed by atoms with Gasteiger partial charge in [-0.15, -0.1) is 11.6 Å². The van der Waals surface area contributed by atoms with Gasteiger partial charge in [0.2, 0.25) is 5.91 Å². The van der Waals surface area contributed by atoms with Crippen LogP contribution < -0.4 is 5.32 Å². The number of nitrogens with zero attached hydrogens (tertiary/aromatic N) is 4. The van der Waals surface area contributed by atoms with E-state index < -0.39 is 0 Å². The summed E-state index contributed by atoms with van der Waals surface area (Å²) in [6.07, 6.45) is 24.4. The van der Waals surface area contributed by atoms with Gasteiger partial charge in [-0.3, -0.25) is 14.8 Å². The van der Waals surface area contributed by atoms with Gasteiger partial charge in [-0.05, 0) is 36.5 Å². The molecule has 3 aliphatic heterocycles. The minimum Gasteiger partial charge on any atom is -0.385 e. The van der Waals surface area contributed by atoms with E-state index in [0.717, 1.165) is 36.1 Å². The third kappa shape index (κ3) is 4.71. The number of allylic oxidation sites excluding steroid dienone is 9. The van der Waals surface area contributed by atoms with Crippen LogP contribution in [-0.2, 0) is 4.79 Å². The first-order valence-electron chi connectivity index (χ1n) is 11.9. The van der Waals surface area contributed by atoms with Crippen LogP contribution in [0.5, 0.6) is 0 Å². The Hall–Kier alpha value is -3.17. The molecule has 5 unspecified atom stereocenters. The lowest BCUT2D eigenvalue weighted by Gasteiger charge is -2.37. The topological polar surface area (TPSA) is 80.9 Å². The molecule has 7 heteroatoms. The highest BCUT2D eigenvalue weighted by Gasteiger charge is 2.33. The normalized spacial score (nSPS) is 32.4. The molecule has 1 amide bonds. The minimum atomic E-state index is -0.384. The van der Waals surface area contributed by atoms with E-state index in [1.54, 1.807) is 18.5 Å². The van der Waals surface area contributed by atoms with Gasteiger partial charge in [0.25, 0.3) is 0 Å². The zero-order valence-corrected chi connectivity index (χ0v) is 19.7. The summed E-state index contributed by atoms with van der Waals surface area (Å²) in [5.41, 5.74) is 3.40. The minimum absolute atomic E-state index is 0.0772. The van der Waals surface area contributed by atoms with Crippen molar-refractivity contribution in [2.45, 2.75) is 30.7 Å². The molecule has 6 nitrogen and oxygen atoms in total. The summed E-state index contributed by atoms with van der Waals surface area (Å²) in [6, 6.07) is 2.65. The number of rotatable bonds is 4. The lowest BCUT2D eigenvalue weighted by Crippen LogP contribution is -2.48. The number of fused-ring (bicyclic) bond motifs is 1. The Kier molecular flexibility index (Phi) is 6.64. The zero-order valence-electron chi connectivity index (χ0n) is 18.9. The highest BCUT2D eigenvalue weighted by molar-refractivity contribution is 6.30. The number of hydrogen-bond acceptors (Lipinski definition) is 5. The molecule has 1 saturated heterocycles. The number of alkyl halides is 1. The molecular formula is C27H28ClN5O. The molecule has 0 aromatic rings. The van der Waals surface area contributed by atoms with E-state index in [1.807, 2.05) is 17.3 Å². The molecule has 0 bridgehead atoms. The number of amides is 1. The van der Waals surface area contributed by atoms with Crippen LogP contribution in [0.4, 0.5) is 0 Å².